The van der Waals surface area contributed by atoms with Gasteiger partial charge >= 0.3 is 12.4 Å². The van der Waals surface area contributed by atoms with Crippen LogP contribution in [0.5, 0.6) is 0 Å². The van der Waals surface area contributed by atoms with E-state index in [9.17, 15) is 26.3 Å². The van der Waals surface area contributed by atoms with Gasteiger partial charge in [0.15, 0.2) is 5.01 Å². The number of halogens is 6. The number of pyridine rings is 1. The van der Waals surface area contributed by atoms with Gasteiger partial charge < -0.3 is 4.40 Å². The second-order valence-corrected chi connectivity index (χ2v) is 5.74. The third-order valence-electron chi connectivity index (χ3n) is 3.06. The highest BCUT2D eigenvalue weighted by Crippen LogP contribution is 2.38. The molecule has 0 fully saturated rings. The predicted molar refractivity (Wildman–Crippen MR) is 71.0 cm³/mol. The van der Waals surface area contributed by atoms with Crippen LogP contribution in [0, 0.1) is 6.92 Å². The van der Waals surface area contributed by atoms with Crippen LogP contribution in [0.1, 0.15) is 16.3 Å². The van der Waals surface area contributed by atoms with Gasteiger partial charge in [0.05, 0.1) is 16.1 Å². The number of alkyl halides is 6. The van der Waals surface area contributed by atoms with Crippen molar-refractivity contribution in [2.75, 3.05) is 0 Å². The lowest BCUT2D eigenvalue weighted by Gasteiger charge is -2.05. The van der Waals surface area contributed by atoms with Crippen molar-refractivity contribution in [1.29, 1.82) is 0 Å². The quantitative estimate of drug-likeness (QED) is 0.590. The van der Waals surface area contributed by atoms with E-state index in [1.165, 1.54) is 17.5 Å². The van der Waals surface area contributed by atoms with Crippen molar-refractivity contribution in [3.05, 3.63) is 40.8 Å². The smallest absolute Gasteiger partial charge is 0.306 e. The summed E-state index contributed by atoms with van der Waals surface area (Å²) >= 11 is 0.410. The molecule has 3 rings (SSSR count). The molecule has 122 valence electrons. The van der Waals surface area contributed by atoms with Crippen LogP contribution >= 0.6 is 11.3 Å². The summed E-state index contributed by atoms with van der Waals surface area (Å²) in [6.07, 6.45) is -6.56. The molecule has 0 saturated heterocycles. The van der Waals surface area contributed by atoms with E-state index in [4.69, 9.17) is 0 Å². The van der Waals surface area contributed by atoms with E-state index in [1.807, 2.05) is 0 Å². The summed E-state index contributed by atoms with van der Waals surface area (Å²) in [5.41, 5.74) is -0.605. The topological polar surface area (TPSA) is 30.2 Å². The number of rotatable bonds is 1. The fraction of sp³-hybridized carbons (Fsp3) is 0.231. The summed E-state index contributed by atoms with van der Waals surface area (Å²) in [5.74, 6) is 0. The van der Waals surface area contributed by atoms with E-state index in [1.54, 1.807) is 0 Å². The Labute approximate surface area is 129 Å². The summed E-state index contributed by atoms with van der Waals surface area (Å²) in [6, 6.07) is 1.71. The monoisotopic (exact) mass is 351 g/mol. The summed E-state index contributed by atoms with van der Waals surface area (Å²) in [6.45, 7) is 1.40. The molecular formula is C13H7F6N3S. The second-order valence-electron chi connectivity index (χ2n) is 4.74. The first-order chi connectivity index (χ1) is 10.6. The molecule has 0 bridgehead atoms. The Morgan fingerprint density at radius 3 is 2.30 bits per heavy atom. The average molecular weight is 351 g/mol. The fourth-order valence-corrected chi connectivity index (χ4v) is 2.91. The zero-order chi connectivity index (χ0) is 17.0. The average Bonchev–Trinajstić information content (AvgIpc) is 2.98. The van der Waals surface area contributed by atoms with Gasteiger partial charge in [0.2, 0.25) is 0 Å². The van der Waals surface area contributed by atoms with Gasteiger partial charge in [0.25, 0.3) is 0 Å². The lowest BCUT2D eigenvalue weighted by atomic mass is 10.2. The number of thiazole rings is 1. The fourth-order valence-electron chi connectivity index (χ4n) is 2.02. The van der Waals surface area contributed by atoms with Crippen LogP contribution in [0.3, 0.4) is 0 Å². The van der Waals surface area contributed by atoms with Crippen LogP contribution in [0.25, 0.3) is 16.2 Å². The molecule has 0 aliphatic rings. The summed E-state index contributed by atoms with van der Waals surface area (Å²) in [4.78, 5) is 7.60. The van der Waals surface area contributed by atoms with Crippen molar-refractivity contribution in [2.45, 2.75) is 19.3 Å². The predicted octanol–water partition coefficient (Wildman–Crippen LogP) is 4.80. The van der Waals surface area contributed by atoms with Crippen LogP contribution in [0.4, 0.5) is 26.3 Å². The number of nitrogens with zero attached hydrogens (tertiary/aromatic N) is 3. The van der Waals surface area contributed by atoms with E-state index >= 15 is 0 Å². The third kappa shape index (κ3) is 2.90. The highest BCUT2D eigenvalue weighted by Gasteiger charge is 2.36. The van der Waals surface area contributed by atoms with Crippen molar-refractivity contribution in [2.24, 2.45) is 0 Å². The van der Waals surface area contributed by atoms with Gasteiger partial charge in [0.1, 0.15) is 11.3 Å². The Morgan fingerprint density at radius 2 is 1.74 bits per heavy atom. The summed E-state index contributed by atoms with van der Waals surface area (Å²) in [5, 5.41) is -1.02. The number of aryl methyl sites for hydroxylation is 1. The van der Waals surface area contributed by atoms with E-state index in [0.717, 1.165) is 18.3 Å². The van der Waals surface area contributed by atoms with Crippen LogP contribution in [0.2, 0.25) is 0 Å². The maximum absolute atomic E-state index is 12.7. The van der Waals surface area contributed by atoms with E-state index in [0.29, 0.717) is 11.3 Å². The molecule has 0 aromatic carbocycles. The molecule has 10 heteroatoms. The lowest BCUT2D eigenvalue weighted by Crippen LogP contribution is -2.05. The molecule has 3 aromatic heterocycles. The van der Waals surface area contributed by atoms with Crippen molar-refractivity contribution in [3.8, 4) is 10.6 Å². The number of imidazole rings is 1. The Bertz CT molecular complexity index is 874. The Morgan fingerprint density at radius 1 is 1.04 bits per heavy atom. The number of hydrogen-bond acceptors (Lipinski definition) is 3. The highest BCUT2D eigenvalue weighted by molar-refractivity contribution is 7.15. The number of aromatic nitrogens is 3. The van der Waals surface area contributed by atoms with E-state index in [-0.39, 0.29) is 21.9 Å². The maximum Gasteiger partial charge on any atom is 0.443 e. The van der Waals surface area contributed by atoms with Crippen molar-refractivity contribution >= 4 is 17.0 Å². The summed E-state index contributed by atoms with van der Waals surface area (Å²) in [7, 11) is 0. The molecule has 3 nitrogen and oxygen atoms in total. The summed E-state index contributed by atoms with van der Waals surface area (Å²) < 4.78 is 77.4. The van der Waals surface area contributed by atoms with Gasteiger partial charge in [-0.25, -0.2) is 9.97 Å². The second kappa shape index (κ2) is 4.95. The molecule has 0 N–H and O–H groups in total. The Kier molecular flexibility index (Phi) is 3.40. The molecule has 23 heavy (non-hydrogen) atoms. The minimum absolute atomic E-state index is 0.00353. The van der Waals surface area contributed by atoms with Crippen LogP contribution in [0.15, 0.2) is 24.5 Å². The molecule has 0 amide bonds. The van der Waals surface area contributed by atoms with E-state index in [2.05, 4.69) is 9.97 Å². The van der Waals surface area contributed by atoms with Gasteiger partial charge in [-0.3, -0.25) is 0 Å². The van der Waals surface area contributed by atoms with Gasteiger partial charge in [-0.05, 0) is 19.1 Å². The zero-order valence-corrected chi connectivity index (χ0v) is 12.1. The Balaban J connectivity index is 2.09. The largest absolute Gasteiger partial charge is 0.443 e. The van der Waals surface area contributed by atoms with Crippen LogP contribution in [-0.4, -0.2) is 14.4 Å². The van der Waals surface area contributed by atoms with Gasteiger partial charge in [-0.15, -0.1) is 11.3 Å². The van der Waals surface area contributed by atoms with Gasteiger partial charge in [-0.1, -0.05) is 0 Å². The minimum atomic E-state index is -4.57. The maximum atomic E-state index is 12.7. The number of hydrogen-bond donors (Lipinski definition) is 0. The van der Waals surface area contributed by atoms with Crippen molar-refractivity contribution in [1.82, 2.24) is 14.4 Å². The molecule has 0 saturated carbocycles. The molecule has 0 unspecified atom stereocenters. The highest BCUT2D eigenvalue weighted by atomic mass is 32.1. The molecule has 0 aliphatic heterocycles. The van der Waals surface area contributed by atoms with Crippen LogP contribution in [-0.2, 0) is 12.4 Å². The third-order valence-corrected chi connectivity index (χ3v) is 4.28. The SMILES string of the molecule is Cc1nc(C(F)(F)F)sc1-c1cn2ccc(C(F)(F)F)cc2n1. The standard InChI is InChI=1S/C13H7F6N3S/c1-6-10(23-11(20-6)13(17,18)19)8-5-22-3-2-7(12(14,15)16)4-9(22)21-8/h2-5H,1H3. The van der Waals surface area contributed by atoms with Crippen molar-refractivity contribution in [3.63, 3.8) is 0 Å². The van der Waals surface area contributed by atoms with Crippen LogP contribution < -0.4 is 0 Å². The lowest BCUT2D eigenvalue weighted by molar-refractivity contribution is -0.138. The molecule has 3 aromatic rings. The number of fused-ring (bicyclic) bond motifs is 1. The zero-order valence-electron chi connectivity index (χ0n) is 11.3. The minimum Gasteiger partial charge on any atom is -0.306 e. The first kappa shape index (κ1) is 15.8. The first-order valence-corrected chi connectivity index (χ1v) is 6.98. The normalized spacial score (nSPS) is 13.0. The van der Waals surface area contributed by atoms with E-state index < -0.39 is 22.9 Å². The molecule has 0 spiro atoms. The molecule has 0 atom stereocenters. The van der Waals surface area contributed by atoms with Crippen molar-refractivity contribution < 1.29 is 26.3 Å². The molecule has 0 radical (unpaired) electrons. The molecular weight excluding hydrogens is 344 g/mol. The Hall–Kier alpha value is -2.10. The van der Waals surface area contributed by atoms with Gasteiger partial charge in [-0.2, -0.15) is 26.3 Å². The molecule has 0 aliphatic carbocycles. The molecule has 3 heterocycles. The first-order valence-electron chi connectivity index (χ1n) is 6.16. The van der Waals surface area contributed by atoms with Gasteiger partial charge in [0, 0.05) is 12.4 Å².